The SMILES string of the molecule is CCOC(=O)C1=C(C)N=c2s/c(=C/c3cc(Br)c(OCc4ccccc4F)c(Br)c3)c(=O)n2[C@H]1c1ccc(OC)cc1. The van der Waals surface area contributed by atoms with Crippen LogP contribution in [0.5, 0.6) is 11.5 Å². The van der Waals surface area contributed by atoms with Gasteiger partial charge in [-0.3, -0.25) is 9.36 Å². The Kier molecular flexibility index (Phi) is 9.10. The van der Waals surface area contributed by atoms with E-state index in [4.69, 9.17) is 14.2 Å². The van der Waals surface area contributed by atoms with Gasteiger partial charge in [-0.2, -0.15) is 0 Å². The second-order valence-corrected chi connectivity index (χ2v) is 12.0. The molecule has 7 nitrogen and oxygen atoms in total. The van der Waals surface area contributed by atoms with Crippen LogP contribution in [0.2, 0.25) is 0 Å². The van der Waals surface area contributed by atoms with Crippen LogP contribution in [0.4, 0.5) is 4.39 Å². The monoisotopic (exact) mass is 714 g/mol. The smallest absolute Gasteiger partial charge is 0.338 e. The minimum atomic E-state index is -0.721. The van der Waals surface area contributed by atoms with E-state index in [0.29, 0.717) is 46.6 Å². The zero-order valence-corrected chi connectivity index (χ0v) is 26.8. The number of nitrogens with zero attached hydrogens (tertiary/aromatic N) is 2. The number of hydrogen-bond donors (Lipinski definition) is 0. The van der Waals surface area contributed by atoms with Crippen LogP contribution in [0, 0.1) is 5.82 Å². The van der Waals surface area contributed by atoms with Crippen molar-refractivity contribution in [3.63, 3.8) is 0 Å². The fourth-order valence-electron chi connectivity index (χ4n) is 4.61. The van der Waals surface area contributed by atoms with Crippen LogP contribution >= 0.6 is 43.2 Å². The van der Waals surface area contributed by atoms with Crippen molar-refractivity contribution in [2.75, 3.05) is 13.7 Å². The molecule has 0 aliphatic carbocycles. The van der Waals surface area contributed by atoms with Gasteiger partial charge in [-0.15, -0.1) is 0 Å². The molecule has 0 saturated heterocycles. The summed E-state index contributed by atoms with van der Waals surface area (Å²) in [5.41, 5.74) is 2.39. The second-order valence-electron chi connectivity index (χ2n) is 9.27. The largest absolute Gasteiger partial charge is 0.497 e. The van der Waals surface area contributed by atoms with Crippen LogP contribution in [0.3, 0.4) is 0 Å². The molecular weight excluding hydrogens is 691 g/mol. The van der Waals surface area contributed by atoms with Gasteiger partial charge in [0.1, 0.15) is 23.9 Å². The number of ether oxygens (including phenoxy) is 3. The van der Waals surface area contributed by atoms with Crippen molar-refractivity contribution in [2.24, 2.45) is 4.99 Å². The highest BCUT2D eigenvalue weighted by Crippen LogP contribution is 2.36. The highest BCUT2D eigenvalue weighted by atomic mass is 79.9. The number of carbonyl (C=O) groups excluding carboxylic acids is 1. The maximum atomic E-state index is 14.1. The van der Waals surface area contributed by atoms with Crippen molar-refractivity contribution < 1.29 is 23.4 Å². The van der Waals surface area contributed by atoms with Crippen LogP contribution in [0.15, 0.2) is 90.7 Å². The molecule has 0 fully saturated rings. The molecule has 0 radical (unpaired) electrons. The molecule has 0 spiro atoms. The lowest BCUT2D eigenvalue weighted by atomic mass is 9.96. The van der Waals surface area contributed by atoms with Gasteiger partial charge < -0.3 is 14.2 Å². The molecule has 1 aliphatic heterocycles. The first-order valence-electron chi connectivity index (χ1n) is 12.9. The molecule has 2 heterocycles. The normalized spacial score (nSPS) is 14.8. The Hall–Kier alpha value is -3.54. The summed E-state index contributed by atoms with van der Waals surface area (Å²) in [7, 11) is 1.57. The maximum absolute atomic E-state index is 14.1. The van der Waals surface area contributed by atoms with Crippen molar-refractivity contribution in [3.05, 3.63) is 123 Å². The lowest BCUT2D eigenvalue weighted by Gasteiger charge is -2.24. The van der Waals surface area contributed by atoms with Crippen LogP contribution in [-0.4, -0.2) is 24.3 Å². The Balaban J connectivity index is 1.56. The van der Waals surface area contributed by atoms with Gasteiger partial charge in [0.15, 0.2) is 4.80 Å². The van der Waals surface area contributed by atoms with Crippen LogP contribution in [0.1, 0.15) is 36.6 Å². The molecule has 216 valence electrons. The number of allylic oxidation sites excluding steroid dienone is 1. The summed E-state index contributed by atoms with van der Waals surface area (Å²) in [5.74, 6) is 0.298. The number of rotatable bonds is 8. The lowest BCUT2D eigenvalue weighted by molar-refractivity contribution is -0.139. The van der Waals surface area contributed by atoms with Crippen molar-refractivity contribution in [3.8, 4) is 11.5 Å². The Bertz CT molecular complexity index is 1860. The number of hydrogen-bond acceptors (Lipinski definition) is 7. The van der Waals surface area contributed by atoms with E-state index in [-0.39, 0.29) is 24.6 Å². The average Bonchev–Trinajstić information content (AvgIpc) is 3.26. The Morgan fingerprint density at radius 2 is 1.81 bits per heavy atom. The van der Waals surface area contributed by atoms with E-state index in [0.717, 1.165) is 11.1 Å². The number of fused-ring (bicyclic) bond motifs is 1. The fraction of sp³-hybridized carbons (Fsp3) is 0.194. The number of benzene rings is 3. The maximum Gasteiger partial charge on any atom is 0.338 e. The minimum absolute atomic E-state index is 0.0509. The van der Waals surface area contributed by atoms with Gasteiger partial charge in [0.2, 0.25) is 0 Å². The third-order valence-corrected chi connectivity index (χ3v) is 8.76. The average molecular weight is 716 g/mol. The summed E-state index contributed by atoms with van der Waals surface area (Å²) in [4.78, 5) is 32.1. The number of methoxy groups -OCH3 is 1. The summed E-state index contributed by atoms with van der Waals surface area (Å²) >= 11 is 8.32. The van der Waals surface area contributed by atoms with Gasteiger partial charge >= 0.3 is 5.97 Å². The molecule has 1 aliphatic rings. The van der Waals surface area contributed by atoms with Crippen LogP contribution < -0.4 is 24.4 Å². The van der Waals surface area contributed by atoms with E-state index >= 15 is 0 Å². The summed E-state index contributed by atoms with van der Waals surface area (Å²) in [6.07, 6.45) is 1.76. The summed E-state index contributed by atoms with van der Waals surface area (Å²) < 4.78 is 33.8. The number of carbonyl (C=O) groups is 1. The third kappa shape index (κ3) is 5.99. The van der Waals surface area contributed by atoms with Gasteiger partial charge in [-0.25, -0.2) is 14.2 Å². The first-order valence-corrected chi connectivity index (χ1v) is 15.3. The third-order valence-electron chi connectivity index (χ3n) is 6.60. The molecule has 4 aromatic rings. The molecule has 0 bridgehead atoms. The van der Waals surface area contributed by atoms with E-state index < -0.39 is 12.0 Å². The van der Waals surface area contributed by atoms with Gasteiger partial charge in [0, 0.05) is 5.56 Å². The predicted octanol–water partition coefficient (Wildman–Crippen LogP) is 6.05. The molecule has 1 atom stereocenters. The van der Waals surface area contributed by atoms with E-state index in [1.807, 2.05) is 24.3 Å². The Labute approximate surface area is 261 Å². The molecule has 1 aromatic heterocycles. The van der Waals surface area contributed by atoms with Crippen LogP contribution in [0.25, 0.3) is 6.08 Å². The van der Waals surface area contributed by atoms with E-state index in [9.17, 15) is 14.0 Å². The predicted molar refractivity (Wildman–Crippen MR) is 166 cm³/mol. The van der Waals surface area contributed by atoms with Crippen molar-refractivity contribution >= 4 is 55.2 Å². The topological polar surface area (TPSA) is 79.1 Å². The summed E-state index contributed by atoms with van der Waals surface area (Å²) in [6, 6.07) is 16.6. The molecule has 5 rings (SSSR count). The summed E-state index contributed by atoms with van der Waals surface area (Å²) in [6.45, 7) is 3.72. The second kappa shape index (κ2) is 12.8. The number of aromatic nitrogens is 1. The summed E-state index contributed by atoms with van der Waals surface area (Å²) in [5, 5.41) is 0. The first kappa shape index (κ1) is 29.9. The zero-order chi connectivity index (χ0) is 30.0. The van der Waals surface area contributed by atoms with Gasteiger partial charge in [-0.05, 0) is 93.2 Å². The number of thiazole rings is 1. The number of esters is 1. The minimum Gasteiger partial charge on any atom is -0.497 e. The molecule has 0 N–H and O–H groups in total. The highest BCUT2D eigenvalue weighted by Gasteiger charge is 2.33. The first-order chi connectivity index (χ1) is 20.2. The van der Waals surface area contributed by atoms with E-state index in [2.05, 4.69) is 36.9 Å². The molecule has 0 amide bonds. The molecule has 0 unspecified atom stereocenters. The number of halogens is 3. The Morgan fingerprint density at radius 3 is 2.45 bits per heavy atom. The quantitative estimate of drug-likeness (QED) is 0.208. The fourth-order valence-corrected chi connectivity index (χ4v) is 7.11. The van der Waals surface area contributed by atoms with Crippen molar-refractivity contribution in [2.45, 2.75) is 26.5 Å². The van der Waals surface area contributed by atoms with Crippen molar-refractivity contribution in [1.82, 2.24) is 4.57 Å². The van der Waals surface area contributed by atoms with Gasteiger partial charge in [-0.1, -0.05) is 41.7 Å². The highest BCUT2D eigenvalue weighted by molar-refractivity contribution is 9.11. The van der Waals surface area contributed by atoms with Gasteiger partial charge in [0.25, 0.3) is 5.56 Å². The lowest BCUT2D eigenvalue weighted by Crippen LogP contribution is -2.39. The Morgan fingerprint density at radius 1 is 1.12 bits per heavy atom. The molecular formula is C31H25Br2FN2O5S. The van der Waals surface area contributed by atoms with Crippen LogP contribution in [-0.2, 0) is 16.1 Å². The van der Waals surface area contributed by atoms with E-state index in [1.165, 1.54) is 22.0 Å². The van der Waals surface area contributed by atoms with Crippen molar-refractivity contribution in [1.29, 1.82) is 0 Å². The van der Waals surface area contributed by atoms with Gasteiger partial charge in [0.05, 0.1) is 44.5 Å². The molecule has 42 heavy (non-hydrogen) atoms. The molecule has 0 saturated carbocycles. The zero-order valence-electron chi connectivity index (χ0n) is 22.8. The molecule has 3 aromatic carbocycles. The standard InChI is InChI=1S/C31H25Br2FN2O5S/c1-4-40-30(38)26-17(2)35-31-36(27(26)19-9-11-21(39-3)12-10-19)29(37)25(42-31)15-18-13-22(32)28(23(33)14-18)41-16-20-7-5-6-8-24(20)34/h5-15,27H,4,16H2,1-3H3/b25-15+/t27-/m0/s1. The molecule has 11 heteroatoms. The van der Waals surface area contributed by atoms with E-state index in [1.54, 1.807) is 57.4 Å².